The Morgan fingerprint density at radius 1 is 1.23 bits per heavy atom. The van der Waals surface area contributed by atoms with E-state index in [4.69, 9.17) is 4.74 Å². The van der Waals surface area contributed by atoms with Gasteiger partial charge < -0.3 is 9.64 Å². The minimum Gasteiger partial charge on any atom is -0.493 e. The smallest absolute Gasteiger partial charge is 0.272 e. The van der Waals surface area contributed by atoms with E-state index in [9.17, 15) is 9.18 Å². The van der Waals surface area contributed by atoms with Gasteiger partial charge in [-0.1, -0.05) is 6.07 Å². The summed E-state index contributed by atoms with van der Waals surface area (Å²) in [6, 6.07) is 11.7. The molecular formula is C20H20FN3O2. The Bertz CT molecular complexity index is 907. The van der Waals surface area contributed by atoms with Gasteiger partial charge in [0.2, 0.25) is 0 Å². The number of likely N-dealkylation sites (tertiary alicyclic amines) is 1. The van der Waals surface area contributed by atoms with Crippen molar-refractivity contribution in [3.8, 4) is 5.75 Å². The first-order valence-corrected chi connectivity index (χ1v) is 8.80. The minimum absolute atomic E-state index is 0.00446. The van der Waals surface area contributed by atoms with E-state index in [-0.39, 0.29) is 17.6 Å². The molecule has 4 rings (SSSR count). The van der Waals surface area contributed by atoms with Crippen LogP contribution in [0.3, 0.4) is 0 Å². The van der Waals surface area contributed by atoms with Crippen LogP contribution < -0.4 is 4.74 Å². The first kappa shape index (κ1) is 16.6. The number of carbonyl (C=O) groups excluding carboxylic acids is 1. The number of rotatable bonds is 4. The van der Waals surface area contributed by atoms with Gasteiger partial charge in [0.25, 0.3) is 5.91 Å². The summed E-state index contributed by atoms with van der Waals surface area (Å²) < 4.78 is 20.5. The molecule has 0 saturated carbocycles. The average Bonchev–Trinajstić information content (AvgIpc) is 3.11. The van der Waals surface area contributed by atoms with Crippen molar-refractivity contribution in [1.82, 2.24) is 14.3 Å². The second kappa shape index (κ2) is 7.15. The van der Waals surface area contributed by atoms with Crippen molar-refractivity contribution >= 4 is 11.6 Å². The summed E-state index contributed by atoms with van der Waals surface area (Å²) in [5.74, 6) is 0.628. The highest BCUT2D eigenvalue weighted by Gasteiger charge is 2.26. The number of benzene rings is 1. The minimum atomic E-state index is -0.278. The Hall–Kier alpha value is -2.89. The number of imidazole rings is 1. The summed E-state index contributed by atoms with van der Waals surface area (Å²) >= 11 is 0. The van der Waals surface area contributed by atoms with E-state index in [0.717, 1.165) is 25.0 Å². The molecule has 134 valence electrons. The summed E-state index contributed by atoms with van der Waals surface area (Å²) in [5, 5.41) is 0. The number of halogens is 1. The number of piperidine rings is 1. The van der Waals surface area contributed by atoms with Gasteiger partial charge in [-0.15, -0.1) is 0 Å². The molecule has 1 amide bonds. The van der Waals surface area contributed by atoms with Crippen LogP contribution in [-0.4, -0.2) is 39.9 Å². The maximum Gasteiger partial charge on any atom is 0.272 e. The van der Waals surface area contributed by atoms with E-state index in [2.05, 4.69) is 4.98 Å². The molecule has 1 atom stereocenters. The van der Waals surface area contributed by atoms with Crippen LogP contribution in [0, 0.1) is 11.7 Å². The summed E-state index contributed by atoms with van der Waals surface area (Å²) in [6.45, 7) is 1.91. The monoisotopic (exact) mass is 353 g/mol. The number of carbonyl (C=O) groups is 1. The molecule has 0 unspecified atom stereocenters. The first-order valence-electron chi connectivity index (χ1n) is 8.80. The molecule has 0 radical (unpaired) electrons. The van der Waals surface area contributed by atoms with Gasteiger partial charge in [0.05, 0.1) is 12.8 Å². The molecule has 1 aliphatic heterocycles. The average molecular weight is 353 g/mol. The maximum atomic E-state index is 13.0. The number of pyridine rings is 1. The quantitative estimate of drug-likeness (QED) is 0.722. The van der Waals surface area contributed by atoms with Crippen molar-refractivity contribution in [3.63, 3.8) is 0 Å². The number of fused-ring (bicyclic) bond motifs is 1. The molecule has 3 heterocycles. The summed E-state index contributed by atoms with van der Waals surface area (Å²) in [7, 11) is 0. The third-order valence-corrected chi connectivity index (χ3v) is 4.74. The zero-order chi connectivity index (χ0) is 17.9. The Morgan fingerprint density at radius 2 is 2.08 bits per heavy atom. The fraction of sp³-hybridized carbons (Fsp3) is 0.300. The largest absolute Gasteiger partial charge is 0.493 e. The normalized spacial score (nSPS) is 17.4. The third kappa shape index (κ3) is 3.40. The van der Waals surface area contributed by atoms with Crippen molar-refractivity contribution in [3.05, 3.63) is 66.4 Å². The third-order valence-electron chi connectivity index (χ3n) is 4.74. The fourth-order valence-corrected chi connectivity index (χ4v) is 3.38. The fourth-order valence-electron chi connectivity index (χ4n) is 3.38. The van der Waals surface area contributed by atoms with Gasteiger partial charge in [0, 0.05) is 25.2 Å². The van der Waals surface area contributed by atoms with Gasteiger partial charge in [-0.25, -0.2) is 9.37 Å². The molecule has 5 nitrogen and oxygen atoms in total. The Kier molecular flexibility index (Phi) is 4.56. The molecule has 1 aromatic carbocycles. The van der Waals surface area contributed by atoms with Crippen LogP contribution in [0.5, 0.6) is 5.75 Å². The van der Waals surface area contributed by atoms with Crippen molar-refractivity contribution < 1.29 is 13.9 Å². The van der Waals surface area contributed by atoms with Crippen LogP contribution in [0.25, 0.3) is 5.65 Å². The van der Waals surface area contributed by atoms with Crippen molar-refractivity contribution in [2.75, 3.05) is 19.7 Å². The highest BCUT2D eigenvalue weighted by molar-refractivity contribution is 5.93. The number of amides is 1. The lowest BCUT2D eigenvalue weighted by atomic mass is 9.98. The molecule has 1 fully saturated rings. The molecule has 26 heavy (non-hydrogen) atoms. The Labute approximate surface area is 151 Å². The van der Waals surface area contributed by atoms with Gasteiger partial charge in [0.15, 0.2) is 0 Å². The molecule has 3 aromatic rings. The first-order chi connectivity index (χ1) is 12.7. The van der Waals surface area contributed by atoms with E-state index >= 15 is 0 Å². The second-order valence-electron chi connectivity index (χ2n) is 6.60. The zero-order valence-corrected chi connectivity index (χ0v) is 14.3. The van der Waals surface area contributed by atoms with E-state index < -0.39 is 0 Å². The van der Waals surface area contributed by atoms with E-state index in [1.807, 2.05) is 33.7 Å². The lowest BCUT2D eigenvalue weighted by Gasteiger charge is -2.32. The predicted octanol–water partition coefficient (Wildman–Crippen LogP) is 3.40. The molecule has 0 bridgehead atoms. The topological polar surface area (TPSA) is 46.8 Å². The van der Waals surface area contributed by atoms with Gasteiger partial charge >= 0.3 is 0 Å². The number of hydrogen-bond acceptors (Lipinski definition) is 3. The lowest BCUT2D eigenvalue weighted by Crippen LogP contribution is -2.42. The summed E-state index contributed by atoms with van der Waals surface area (Å²) in [4.78, 5) is 19.1. The maximum absolute atomic E-state index is 13.0. The van der Waals surface area contributed by atoms with Crippen LogP contribution in [-0.2, 0) is 0 Å². The molecule has 0 N–H and O–H groups in total. The van der Waals surface area contributed by atoms with Crippen LogP contribution in [0.15, 0.2) is 54.9 Å². The standard InChI is InChI=1S/C20H20FN3O2/c21-16-6-8-17(9-7-16)26-14-15-4-3-10-23(13-15)20(25)18-12-22-19-5-1-2-11-24(18)19/h1-2,5-9,11-12,15H,3-4,10,13-14H2/t15-/m0/s1. The number of ether oxygens (including phenoxy) is 1. The van der Waals surface area contributed by atoms with Crippen molar-refractivity contribution in [1.29, 1.82) is 0 Å². The highest BCUT2D eigenvalue weighted by Crippen LogP contribution is 2.21. The summed E-state index contributed by atoms with van der Waals surface area (Å²) in [6.07, 6.45) is 5.45. The van der Waals surface area contributed by atoms with Gasteiger partial charge in [-0.3, -0.25) is 9.20 Å². The van der Waals surface area contributed by atoms with E-state index in [1.165, 1.54) is 12.1 Å². The Morgan fingerprint density at radius 3 is 2.92 bits per heavy atom. The van der Waals surface area contributed by atoms with Crippen LogP contribution in [0.4, 0.5) is 4.39 Å². The number of nitrogens with zero attached hydrogens (tertiary/aromatic N) is 3. The zero-order valence-electron chi connectivity index (χ0n) is 14.3. The SMILES string of the molecule is O=C(c1cnc2ccccn12)N1CCC[C@H](COc2ccc(F)cc2)C1. The molecule has 1 aliphatic rings. The lowest BCUT2D eigenvalue weighted by molar-refractivity contribution is 0.0626. The number of aromatic nitrogens is 2. The van der Waals surface area contributed by atoms with E-state index in [1.54, 1.807) is 18.3 Å². The molecule has 2 aromatic heterocycles. The van der Waals surface area contributed by atoms with Crippen LogP contribution >= 0.6 is 0 Å². The number of hydrogen-bond donors (Lipinski definition) is 0. The highest BCUT2D eigenvalue weighted by atomic mass is 19.1. The molecule has 6 heteroatoms. The molecular weight excluding hydrogens is 333 g/mol. The van der Waals surface area contributed by atoms with Crippen molar-refractivity contribution in [2.45, 2.75) is 12.8 Å². The molecule has 1 saturated heterocycles. The van der Waals surface area contributed by atoms with Gasteiger partial charge in [0.1, 0.15) is 22.9 Å². The van der Waals surface area contributed by atoms with Gasteiger partial charge in [-0.2, -0.15) is 0 Å². The predicted molar refractivity (Wildman–Crippen MR) is 95.7 cm³/mol. The van der Waals surface area contributed by atoms with Crippen LogP contribution in [0.2, 0.25) is 0 Å². The van der Waals surface area contributed by atoms with Gasteiger partial charge in [-0.05, 0) is 49.2 Å². The molecule has 0 spiro atoms. The Balaban J connectivity index is 1.41. The van der Waals surface area contributed by atoms with Crippen LogP contribution in [0.1, 0.15) is 23.3 Å². The molecule has 0 aliphatic carbocycles. The second-order valence-corrected chi connectivity index (χ2v) is 6.60. The summed E-state index contributed by atoms with van der Waals surface area (Å²) in [5.41, 5.74) is 1.35. The van der Waals surface area contributed by atoms with E-state index in [0.29, 0.717) is 24.6 Å². The van der Waals surface area contributed by atoms with Crippen molar-refractivity contribution in [2.24, 2.45) is 5.92 Å².